The minimum absolute atomic E-state index is 0.121. The van der Waals surface area contributed by atoms with Crippen molar-refractivity contribution in [3.63, 3.8) is 0 Å². The van der Waals surface area contributed by atoms with Gasteiger partial charge in [0.15, 0.2) is 0 Å². The molecule has 0 N–H and O–H groups in total. The van der Waals surface area contributed by atoms with Crippen molar-refractivity contribution in [1.29, 1.82) is 0 Å². The molecule has 21 heavy (non-hydrogen) atoms. The van der Waals surface area contributed by atoms with Crippen LogP contribution in [0.1, 0.15) is 5.56 Å². The zero-order valence-electron chi connectivity index (χ0n) is 10.7. The Morgan fingerprint density at radius 1 is 1.29 bits per heavy atom. The lowest BCUT2D eigenvalue weighted by molar-refractivity contribution is -0.385. The molecule has 0 aliphatic carbocycles. The smallest absolute Gasteiger partial charge is 0.341 e. The van der Waals surface area contributed by atoms with Gasteiger partial charge in [0, 0.05) is 6.07 Å². The lowest BCUT2D eigenvalue weighted by Gasteiger charge is -2.07. The number of nitro benzene ring substituents is 1. The van der Waals surface area contributed by atoms with Gasteiger partial charge in [0.2, 0.25) is 5.75 Å². The summed E-state index contributed by atoms with van der Waals surface area (Å²) in [5, 5.41) is 11.1. The van der Waals surface area contributed by atoms with Gasteiger partial charge in [-0.2, -0.15) is 8.42 Å². The topological polar surface area (TPSA) is 99.4 Å². The van der Waals surface area contributed by atoms with Gasteiger partial charge in [0.25, 0.3) is 0 Å². The predicted molar refractivity (Wildman–Crippen MR) is 74.9 cm³/mol. The summed E-state index contributed by atoms with van der Waals surface area (Å²) < 4.78 is 28.9. The van der Waals surface area contributed by atoms with Gasteiger partial charge in [-0.3, -0.25) is 10.1 Å². The van der Waals surface area contributed by atoms with Crippen LogP contribution in [0.2, 0.25) is 5.15 Å². The average molecular weight is 329 g/mol. The first kappa shape index (κ1) is 15.2. The highest BCUT2D eigenvalue weighted by Crippen LogP contribution is 2.30. The Morgan fingerprint density at radius 3 is 2.57 bits per heavy atom. The molecule has 9 heteroatoms. The largest absolute Gasteiger partial charge is 0.372 e. The molecule has 0 bridgehead atoms. The van der Waals surface area contributed by atoms with Gasteiger partial charge in [-0.25, -0.2) is 4.98 Å². The van der Waals surface area contributed by atoms with Gasteiger partial charge in [0.1, 0.15) is 10.0 Å². The Hall–Kier alpha value is -2.19. The maximum atomic E-state index is 12.0. The average Bonchev–Trinajstić information content (AvgIpc) is 2.41. The van der Waals surface area contributed by atoms with E-state index in [1.807, 2.05) is 0 Å². The molecule has 0 spiro atoms. The van der Waals surface area contributed by atoms with E-state index in [1.165, 1.54) is 30.3 Å². The SMILES string of the molecule is Cc1ccc(OS(=O)(=O)c2ccc(Cl)nc2)c([N+](=O)[O-])c1. The van der Waals surface area contributed by atoms with Crippen LogP contribution >= 0.6 is 11.6 Å². The summed E-state index contributed by atoms with van der Waals surface area (Å²) in [5.74, 6) is -0.361. The van der Waals surface area contributed by atoms with Crippen molar-refractivity contribution in [2.75, 3.05) is 0 Å². The zero-order valence-corrected chi connectivity index (χ0v) is 12.3. The van der Waals surface area contributed by atoms with Crippen LogP contribution in [0.15, 0.2) is 41.4 Å². The lowest BCUT2D eigenvalue weighted by atomic mass is 10.2. The van der Waals surface area contributed by atoms with Crippen molar-refractivity contribution in [3.8, 4) is 5.75 Å². The second-order valence-electron chi connectivity index (χ2n) is 4.08. The van der Waals surface area contributed by atoms with E-state index in [4.69, 9.17) is 15.8 Å². The molecule has 2 rings (SSSR count). The molecular weight excluding hydrogens is 320 g/mol. The maximum Gasteiger partial charge on any atom is 0.341 e. The third-order valence-electron chi connectivity index (χ3n) is 2.50. The van der Waals surface area contributed by atoms with Gasteiger partial charge < -0.3 is 4.18 Å². The molecule has 7 nitrogen and oxygen atoms in total. The van der Waals surface area contributed by atoms with Crippen LogP contribution < -0.4 is 4.18 Å². The third kappa shape index (κ3) is 3.47. The number of halogens is 1. The summed E-state index contributed by atoms with van der Waals surface area (Å²) in [4.78, 5) is 13.6. The molecule has 0 amide bonds. The number of hydrogen-bond donors (Lipinski definition) is 0. The van der Waals surface area contributed by atoms with Crippen LogP contribution in [0.4, 0.5) is 5.69 Å². The van der Waals surface area contributed by atoms with E-state index in [-0.39, 0.29) is 15.8 Å². The van der Waals surface area contributed by atoms with Crippen molar-refractivity contribution in [2.24, 2.45) is 0 Å². The highest BCUT2D eigenvalue weighted by atomic mass is 35.5. The summed E-state index contributed by atoms with van der Waals surface area (Å²) in [5.41, 5.74) is 0.181. The molecule has 0 saturated heterocycles. The van der Waals surface area contributed by atoms with Gasteiger partial charge in [0.05, 0.1) is 11.1 Å². The molecule has 0 atom stereocenters. The second-order valence-corrected chi connectivity index (χ2v) is 6.02. The molecule has 1 aromatic heterocycles. The molecule has 0 unspecified atom stereocenters. The quantitative estimate of drug-likeness (QED) is 0.370. The van der Waals surface area contributed by atoms with Crippen LogP contribution in [0.3, 0.4) is 0 Å². The van der Waals surface area contributed by atoms with Crippen LogP contribution in [0.5, 0.6) is 5.75 Å². The highest BCUT2D eigenvalue weighted by molar-refractivity contribution is 7.87. The summed E-state index contributed by atoms with van der Waals surface area (Å²) in [6.45, 7) is 1.65. The van der Waals surface area contributed by atoms with Crippen molar-refractivity contribution >= 4 is 27.4 Å². The Balaban J connectivity index is 2.41. The first-order chi connectivity index (χ1) is 9.79. The number of aromatic nitrogens is 1. The van der Waals surface area contributed by atoms with E-state index in [1.54, 1.807) is 6.92 Å². The summed E-state index contributed by atoms with van der Waals surface area (Å²) in [7, 11) is -4.22. The fourth-order valence-corrected chi connectivity index (χ4v) is 2.52. The van der Waals surface area contributed by atoms with Crippen molar-refractivity contribution in [2.45, 2.75) is 11.8 Å². The van der Waals surface area contributed by atoms with E-state index in [0.29, 0.717) is 5.56 Å². The normalized spacial score (nSPS) is 11.1. The van der Waals surface area contributed by atoms with Gasteiger partial charge in [-0.1, -0.05) is 17.7 Å². The van der Waals surface area contributed by atoms with Gasteiger partial charge >= 0.3 is 15.8 Å². The Kier molecular flexibility index (Phi) is 4.10. The number of aryl methyl sites for hydroxylation is 1. The van der Waals surface area contributed by atoms with Crippen LogP contribution in [0.25, 0.3) is 0 Å². The number of benzene rings is 1. The molecule has 2 aromatic rings. The van der Waals surface area contributed by atoms with Crippen molar-refractivity contribution < 1.29 is 17.5 Å². The first-order valence-electron chi connectivity index (χ1n) is 5.61. The summed E-state index contributed by atoms with van der Waals surface area (Å²) in [6.07, 6.45) is 1.01. The number of rotatable bonds is 4. The Morgan fingerprint density at radius 2 is 2.00 bits per heavy atom. The second kappa shape index (κ2) is 5.66. The fraction of sp³-hybridized carbons (Fsp3) is 0.0833. The highest BCUT2D eigenvalue weighted by Gasteiger charge is 2.23. The Bertz CT molecular complexity index is 790. The zero-order chi connectivity index (χ0) is 15.6. The van der Waals surface area contributed by atoms with Crippen LogP contribution in [-0.4, -0.2) is 18.3 Å². The van der Waals surface area contributed by atoms with Crippen LogP contribution in [-0.2, 0) is 10.1 Å². The fourth-order valence-electron chi connectivity index (χ4n) is 1.52. The minimum atomic E-state index is -4.22. The van der Waals surface area contributed by atoms with Gasteiger partial charge in [-0.15, -0.1) is 0 Å². The maximum absolute atomic E-state index is 12.0. The third-order valence-corrected chi connectivity index (χ3v) is 3.94. The lowest BCUT2D eigenvalue weighted by Crippen LogP contribution is -2.11. The van der Waals surface area contributed by atoms with E-state index in [0.717, 1.165) is 6.20 Å². The summed E-state index contributed by atoms with van der Waals surface area (Å²) >= 11 is 5.57. The molecule has 0 fully saturated rings. The Labute approximate surface area is 125 Å². The van der Waals surface area contributed by atoms with Crippen molar-refractivity contribution in [1.82, 2.24) is 4.98 Å². The van der Waals surface area contributed by atoms with E-state index < -0.39 is 20.7 Å². The number of nitrogens with zero attached hydrogens (tertiary/aromatic N) is 2. The van der Waals surface area contributed by atoms with E-state index in [2.05, 4.69) is 4.98 Å². The molecule has 110 valence electrons. The molecule has 0 aliphatic rings. The molecule has 0 aliphatic heterocycles. The number of nitro groups is 1. The van der Waals surface area contributed by atoms with Gasteiger partial charge in [-0.05, 0) is 30.7 Å². The summed E-state index contributed by atoms with van der Waals surface area (Å²) in [6, 6.07) is 6.45. The minimum Gasteiger partial charge on any atom is -0.372 e. The first-order valence-corrected chi connectivity index (χ1v) is 7.39. The molecule has 1 aromatic carbocycles. The molecule has 0 radical (unpaired) electrons. The molecular formula is C12H9ClN2O5S. The van der Waals surface area contributed by atoms with Crippen LogP contribution in [0, 0.1) is 17.0 Å². The standard InChI is InChI=1S/C12H9ClN2O5S/c1-8-2-4-11(10(6-8)15(16)17)20-21(18,19)9-3-5-12(13)14-7-9/h2-7H,1H3. The molecule has 0 saturated carbocycles. The number of hydrogen-bond acceptors (Lipinski definition) is 6. The molecule has 1 heterocycles. The number of pyridine rings is 1. The monoisotopic (exact) mass is 328 g/mol. The van der Waals surface area contributed by atoms with Crippen molar-refractivity contribution in [3.05, 3.63) is 57.4 Å². The van der Waals surface area contributed by atoms with E-state index in [9.17, 15) is 18.5 Å². The van der Waals surface area contributed by atoms with E-state index >= 15 is 0 Å². The predicted octanol–water partition coefficient (Wildman–Crippen LogP) is 2.72.